The predicted octanol–water partition coefficient (Wildman–Crippen LogP) is -0.961. The van der Waals surface area contributed by atoms with Gasteiger partial charge in [0.1, 0.15) is 11.7 Å². The van der Waals surface area contributed by atoms with Crippen LogP contribution in [0.25, 0.3) is 0 Å². The van der Waals surface area contributed by atoms with E-state index in [1.54, 1.807) is 0 Å². The van der Waals surface area contributed by atoms with Gasteiger partial charge in [-0.3, -0.25) is 4.79 Å². The van der Waals surface area contributed by atoms with Gasteiger partial charge in [-0.25, -0.2) is 10.1 Å². The average molecular weight is 219 g/mol. The molecule has 0 amide bonds. The van der Waals surface area contributed by atoms with E-state index in [1.165, 1.54) is 6.92 Å². The summed E-state index contributed by atoms with van der Waals surface area (Å²) in [5, 5.41) is 14.4. The van der Waals surface area contributed by atoms with Crippen LogP contribution < -0.4 is 5.73 Å². The summed E-state index contributed by atoms with van der Waals surface area (Å²) in [5.74, 6) is -1.23. The molecule has 2 N–H and O–H groups in total. The van der Waals surface area contributed by atoms with Crippen LogP contribution in [0, 0.1) is 15.0 Å². The van der Waals surface area contributed by atoms with E-state index in [1.807, 2.05) is 0 Å². The Morgan fingerprint density at radius 1 is 1.67 bits per heavy atom. The number of nitro groups is 1. The first-order valence-corrected chi connectivity index (χ1v) is 3.70. The number of hydrazone groups is 1. The first kappa shape index (κ1) is 12.7. The third-order valence-corrected chi connectivity index (χ3v) is 1.16. The fourth-order valence-electron chi connectivity index (χ4n) is 0.608. The molecule has 10 heteroatoms. The smallest absolute Gasteiger partial charge is 0.302 e. The number of esters is 1. The molecule has 0 aliphatic carbocycles. The molecule has 0 radical (unpaired) electrons. The first-order valence-electron chi connectivity index (χ1n) is 3.70. The van der Waals surface area contributed by atoms with Crippen molar-refractivity contribution in [3.05, 3.63) is 15.0 Å². The van der Waals surface area contributed by atoms with E-state index < -0.39 is 17.0 Å². The Labute approximate surface area is 83.8 Å². The van der Waals surface area contributed by atoms with E-state index in [0.717, 1.165) is 0 Å². The molecule has 0 aromatic heterocycles. The Morgan fingerprint density at radius 3 is 2.67 bits per heavy atom. The highest BCUT2D eigenvalue weighted by molar-refractivity contribution is 5.76. The van der Waals surface area contributed by atoms with Crippen LogP contribution in [0.3, 0.4) is 0 Å². The van der Waals surface area contributed by atoms with E-state index in [4.69, 9.17) is 5.73 Å². The maximum atomic E-state index is 10.3. The zero-order valence-corrected chi connectivity index (χ0v) is 7.82. The molecule has 0 saturated carbocycles. The molecule has 0 atom stereocenters. The van der Waals surface area contributed by atoms with Crippen LogP contribution in [0.5, 0.6) is 0 Å². The number of carbonyl (C=O) groups excluding carboxylic acids is 1. The van der Waals surface area contributed by atoms with E-state index in [-0.39, 0.29) is 13.2 Å². The Hall–Kier alpha value is -2.26. The van der Waals surface area contributed by atoms with Crippen molar-refractivity contribution in [1.29, 1.82) is 0 Å². The highest BCUT2D eigenvalue weighted by Gasteiger charge is 2.12. The summed E-state index contributed by atoms with van der Waals surface area (Å²) in [4.78, 5) is 30.4. The van der Waals surface area contributed by atoms with Crippen LogP contribution in [0.2, 0.25) is 0 Å². The summed E-state index contributed by atoms with van der Waals surface area (Å²) in [6.07, 6.45) is 0. The lowest BCUT2D eigenvalue weighted by Gasteiger charge is -2.10. The predicted molar refractivity (Wildman–Crippen MR) is 47.8 cm³/mol. The molecule has 0 aliphatic heterocycles. The van der Waals surface area contributed by atoms with Crippen molar-refractivity contribution in [2.24, 2.45) is 16.1 Å². The minimum atomic E-state index is -1.07. The van der Waals surface area contributed by atoms with E-state index >= 15 is 0 Å². The standard InChI is InChI=1S/C5H9N5O5/c1-4(11)15-3-2-9(8-12)5(6)7-10(13)14/h2-3H2,1H3,(H2,6,7). The Morgan fingerprint density at radius 2 is 2.27 bits per heavy atom. The van der Waals surface area contributed by atoms with Gasteiger partial charge in [0.05, 0.1) is 11.8 Å². The van der Waals surface area contributed by atoms with Gasteiger partial charge in [-0.2, -0.15) is 5.01 Å². The van der Waals surface area contributed by atoms with Gasteiger partial charge in [0.25, 0.3) is 5.96 Å². The monoisotopic (exact) mass is 219 g/mol. The molecule has 0 aromatic carbocycles. The number of carbonyl (C=O) groups is 1. The molecule has 0 rings (SSSR count). The summed E-state index contributed by atoms with van der Waals surface area (Å²) in [5.41, 5.74) is 5.05. The molecule has 84 valence electrons. The second kappa shape index (κ2) is 6.23. The zero-order chi connectivity index (χ0) is 11.8. The lowest BCUT2D eigenvalue weighted by atomic mass is 10.6. The molecule has 0 aromatic rings. The minimum Gasteiger partial charge on any atom is -0.464 e. The normalized spacial score (nSPS) is 10.6. The van der Waals surface area contributed by atoms with E-state index in [2.05, 4.69) is 15.1 Å². The lowest BCUT2D eigenvalue weighted by molar-refractivity contribution is -0.485. The third kappa shape index (κ3) is 5.90. The maximum absolute atomic E-state index is 10.3. The number of ether oxygens (including phenoxy) is 1. The molecule has 0 fully saturated rings. The number of hydrogen-bond acceptors (Lipinski definition) is 6. The molecule has 0 heterocycles. The number of rotatable bonds is 5. The van der Waals surface area contributed by atoms with Gasteiger partial charge in [-0.05, 0) is 0 Å². The number of hydrogen-bond donors (Lipinski definition) is 1. The molecule has 0 spiro atoms. The molecule has 0 aliphatic rings. The van der Waals surface area contributed by atoms with Crippen LogP contribution in [-0.4, -0.2) is 35.1 Å². The molecule has 0 unspecified atom stereocenters. The summed E-state index contributed by atoms with van der Waals surface area (Å²) < 4.78 is 4.47. The van der Waals surface area contributed by atoms with Crippen molar-refractivity contribution in [2.75, 3.05) is 13.2 Å². The Kier molecular flexibility index (Phi) is 5.29. The van der Waals surface area contributed by atoms with Crippen LogP contribution >= 0.6 is 0 Å². The van der Waals surface area contributed by atoms with Gasteiger partial charge in [-0.15, -0.1) is 4.91 Å². The van der Waals surface area contributed by atoms with Crippen LogP contribution in [0.1, 0.15) is 6.92 Å². The second-order valence-electron chi connectivity index (χ2n) is 2.24. The zero-order valence-electron chi connectivity index (χ0n) is 7.82. The summed E-state index contributed by atoms with van der Waals surface area (Å²) in [6, 6.07) is 0. The second-order valence-corrected chi connectivity index (χ2v) is 2.24. The first-order chi connectivity index (χ1) is 6.97. The number of nitroso groups, excluding NO2 is 1. The molecular formula is C5H9N5O5. The van der Waals surface area contributed by atoms with Crippen molar-refractivity contribution in [1.82, 2.24) is 5.01 Å². The van der Waals surface area contributed by atoms with E-state index in [0.29, 0.717) is 5.01 Å². The quantitative estimate of drug-likeness (QED) is 0.157. The summed E-state index contributed by atoms with van der Waals surface area (Å²) in [6.45, 7) is 0.800. The maximum Gasteiger partial charge on any atom is 0.302 e. The highest BCUT2D eigenvalue weighted by atomic mass is 16.7. The van der Waals surface area contributed by atoms with Gasteiger partial charge in [0, 0.05) is 6.92 Å². The molecule has 0 saturated heterocycles. The topological polar surface area (TPSA) is 140 Å². The summed E-state index contributed by atoms with van der Waals surface area (Å²) in [7, 11) is 0. The minimum absolute atomic E-state index is 0.172. The number of guanidine groups is 1. The van der Waals surface area contributed by atoms with Gasteiger partial charge >= 0.3 is 5.97 Å². The molecule has 0 bridgehead atoms. The van der Waals surface area contributed by atoms with Gasteiger partial charge in [-0.1, -0.05) is 0 Å². The SMILES string of the molecule is CC(=O)OCCN(N=O)/C(N)=N/[N+](=O)[O-]. The van der Waals surface area contributed by atoms with Crippen LogP contribution in [0.4, 0.5) is 0 Å². The van der Waals surface area contributed by atoms with E-state index in [9.17, 15) is 19.8 Å². The van der Waals surface area contributed by atoms with Crippen molar-refractivity contribution in [3.63, 3.8) is 0 Å². The third-order valence-electron chi connectivity index (χ3n) is 1.16. The van der Waals surface area contributed by atoms with Crippen molar-refractivity contribution >= 4 is 11.9 Å². The number of nitrogens with zero attached hydrogens (tertiary/aromatic N) is 4. The Bertz CT molecular complexity index is 290. The van der Waals surface area contributed by atoms with Crippen molar-refractivity contribution < 1.29 is 14.6 Å². The largest absolute Gasteiger partial charge is 0.464 e. The van der Waals surface area contributed by atoms with Crippen LogP contribution in [-0.2, 0) is 9.53 Å². The fraction of sp³-hybridized carbons (Fsp3) is 0.600. The summed E-state index contributed by atoms with van der Waals surface area (Å²) >= 11 is 0. The van der Waals surface area contributed by atoms with Crippen molar-refractivity contribution in [3.8, 4) is 0 Å². The Balaban J connectivity index is 4.19. The molecule has 15 heavy (non-hydrogen) atoms. The van der Waals surface area contributed by atoms with Crippen LogP contribution in [0.15, 0.2) is 10.4 Å². The lowest BCUT2D eigenvalue weighted by Crippen LogP contribution is -2.36. The van der Waals surface area contributed by atoms with Gasteiger partial charge in [0.15, 0.2) is 5.03 Å². The fourth-order valence-corrected chi connectivity index (χ4v) is 0.608. The van der Waals surface area contributed by atoms with Gasteiger partial charge < -0.3 is 10.5 Å². The number of nitrogens with two attached hydrogens (primary N) is 1. The highest BCUT2D eigenvalue weighted by Crippen LogP contribution is 1.90. The van der Waals surface area contributed by atoms with Gasteiger partial charge in [0.2, 0.25) is 0 Å². The molecule has 10 nitrogen and oxygen atoms in total. The van der Waals surface area contributed by atoms with Crippen molar-refractivity contribution in [2.45, 2.75) is 6.92 Å². The molecular weight excluding hydrogens is 210 g/mol. The average Bonchev–Trinajstić information content (AvgIpc) is 2.10.